The van der Waals surface area contributed by atoms with Gasteiger partial charge in [-0.3, -0.25) is 38.8 Å². The van der Waals surface area contributed by atoms with Crippen LogP contribution in [0.2, 0.25) is 10.0 Å². The van der Waals surface area contributed by atoms with E-state index in [9.17, 15) is 54.3 Å². The molecule has 0 spiro atoms. The zero-order valence-electron chi connectivity index (χ0n) is 67.0. The van der Waals surface area contributed by atoms with Crippen molar-refractivity contribution >= 4 is 68.6 Å². The van der Waals surface area contributed by atoms with E-state index in [0.717, 1.165) is 60.2 Å². The maximum absolute atomic E-state index is 14.5. The number of ether oxygens (including phenoxy) is 1. The Labute approximate surface area is 709 Å². The molecule has 122 heavy (non-hydrogen) atoms. The van der Waals surface area contributed by atoms with E-state index in [-0.39, 0.29) is 72.2 Å². The van der Waals surface area contributed by atoms with Crippen LogP contribution >= 0.6 is 23.2 Å². The summed E-state index contributed by atoms with van der Waals surface area (Å²) in [5.41, 5.74) is 15.0. The van der Waals surface area contributed by atoms with Gasteiger partial charge in [0.1, 0.15) is 35.6 Å². The molecule has 16 nitrogen and oxygen atoms in total. The number of alkyl halides is 3. The Kier molecular flexibility index (Phi) is 27.0. The van der Waals surface area contributed by atoms with Gasteiger partial charge in [0.2, 0.25) is 17.7 Å². The lowest BCUT2D eigenvalue weighted by Gasteiger charge is -2.27. The van der Waals surface area contributed by atoms with Gasteiger partial charge in [0.05, 0.1) is 61.3 Å². The van der Waals surface area contributed by atoms with E-state index in [1.807, 2.05) is 87.5 Å². The van der Waals surface area contributed by atoms with E-state index < -0.39 is 48.3 Å². The first-order valence-corrected chi connectivity index (χ1v) is 40.6. The lowest BCUT2D eigenvalue weighted by molar-refractivity contribution is -0.142. The molecule has 0 bridgehead atoms. The number of hydrogen-bond acceptors (Lipinski definition) is 9. The number of pyridine rings is 3. The second kappa shape index (κ2) is 38.4. The standard InChI is InChI=1S/C35H35F4N5O3.C31H27F2N3O.C30H23Cl2F2N3O/c1-22-16-23(18-26(36)17-22)19-29(41-31(45)21-44-30-10-3-2-8-28(30)33(42-44)35(37,38)39)32-27(9-5-11-40-32)24-6-4-7-25(20-24)34(46)43-12-14-47-15-13-43;1-19-5-3-6-22(12-19)26-7-4-10-34-31(26)29(15-21-11-20(2)13-25(33)14-21)36-30(37)16-23-18-35-28-9-8-24(32)17-27(23)28;1-17-7-18(9-24(34)8-17)10-28(30-25(3-2-6-35-30)19-11-21(31)14-22(32)12-19)37-29(38)13-20-16-36-27-5-4-23(33)15-26(20)27/h4-7,9,11,16-18,20,29H,2-3,8,10,12-15,19,21H2,1H3,(H,41,45);3-14,17-18,29,35H,15-16H2,1-2H3,(H,36,37);2-9,11-12,14-16,28,36H,10,13H2,1H3,(H,37,38)/t2*29-;28-/m000/s1. The number of hydrogen-bond donors (Lipinski definition) is 5. The molecule has 4 amide bonds. The summed E-state index contributed by atoms with van der Waals surface area (Å²) < 4.78 is 119. The number of aryl methyl sites for hydroxylation is 4. The maximum atomic E-state index is 14.5. The SMILES string of the molecule is Cc1cc(F)cc(C[C@H](NC(=O)Cc2c[nH]c3ccc(F)cc23)c2ncccc2-c2cc(Cl)cc(Cl)c2)c1.Cc1cc(F)cc(C[C@H](NC(=O)Cc2c[nH]c3ccc(F)cc23)c2ncccc2-c2cccc(C)c2)c1.Cc1cc(F)cc(C[C@H](NC(=O)Cn2nc(C(F)(F)F)c3c2CCCC3)c2ncccc2-c2cccc(C(=O)N3CCOCC3)c2)c1. The molecule has 1 fully saturated rings. The second-order valence-electron chi connectivity index (χ2n) is 30.7. The molecule has 1 aliphatic heterocycles. The number of carbonyl (C=O) groups is 4. The van der Waals surface area contributed by atoms with Crippen molar-refractivity contribution in [3.8, 4) is 33.4 Å². The number of halogens is 10. The maximum Gasteiger partial charge on any atom is 0.435 e. The second-order valence-corrected chi connectivity index (χ2v) is 31.6. The number of fused-ring (bicyclic) bond motifs is 3. The number of carbonyl (C=O) groups excluding carboxylic acids is 4. The highest BCUT2D eigenvalue weighted by Gasteiger charge is 2.40. The van der Waals surface area contributed by atoms with Crippen LogP contribution < -0.4 is 16.0 Å². The minimum absolute atomic E-state index is 0.0211. The van der Waals surface area contributed by atoms with Crippen LogP contribution in [0.3, 0.4) is 0 Å². The molecule has 16 rings (SSSR count). The highest BCUT2D eigenvalue weighted by molar-refractivity contribution is 6.35. The summed E-state index contributed by atoms with van der Waals surface area (Å²) in [4.78, 5) is 75.4. The largest absolute Gasteiger partial charge is 0.435 e. The molecule has 1 aliphatic carbocycles. The van der Waals surface area contributed by atoms with Crippen LogP contribution in [-0.4, -0.2) is 89.5 Å². The van der Waals surface area contributed by atoms with Crippen LogP contribution in [0.5, 0.6) is 0 Å². The third kappa shape index (κ3) is 21.6. The molecule has 8 aromatic carbocycles. The summed E-state index contributed by atoms with van der Waals surface area (Å²) in [6, 6.07) is 52.8. The van der Waals surface area contributed by atoms with Gasteiger partial charge in [0, 0.05) is 109 Å². The Morgan fingerprint density at radius 2 is 0.926 bits per heavy atom. The summed E-state index contributed by atoms with van der Waals surface area (Å²) in [6.07, 6.45) is 6.65. The molecule has 26 heteroatoms. The molecule has 7 heterocycles. The molecule has 0 radical (unpaired) electrons. The van der Waals surface area contributed by atoms with E-state index in [4.69, 9.17) is 27.9 Å². The molecule has 14 aromatic rings. The van der Waals surface area contributed by atoms with Gasteiger partial charge >= 0.3 is 6.18 Å². The van der Waals surface area contributed by atoms with Crippen molar-refractivity contribution in [1.29, 1.82) is 0 Å². The average Bonchev–Trinajstić information content (AvgIpc) is 1.64. The summed E-state index contributed by atoms with van der Waals surface area (Å²) in [5.74, 6) is -3.03. The monoisotopic (exact) mass is 1690 g/mol. The fraction of sp³-hybridized carbons (Fsp3) is 0.229. The van der Waals surface area contributed by atoms with Gasteiger partial charge in [-0.25, -0.2) is 22.0 Å². The minimum Gasteiger partial charge on any atom is -0.378 e. The van der Waals surface area contributed by atoms with Gasteiger partial charge in [-0.1, -0.05) is 102 Å². The van der Waals surface area contributed by atoms with Crippen LogP contribution in [0.1, 0.15) is 125 Å². The number of H-pyrrole nitrogens is 2. The van der Waals surface area contributed by atoms with Crippen molar-refractivity contribution in [2.45, 2.75) is 116 Å². The number of rotatable bonds is 22. The third-order valence-corrected chi connectivity index (χ3v) is 21.8. The Bertz CT molecular complexity index is 6120. The highest BCUT2D eigenvalue weighted by Crippen LogP contribution is 2.39. The predicted octanol–water partition coefficient (Wildman–Crippen LogP) is 20.4. The number of aromatic amines is 2. The van der Waals surface area contributed by atoms with Crippen molar-refractivity contribution in [1.82, 2.24) is 55.6 Å². The number of morpholine rings is 1. The lowest BCUT2D eigenvalue weighted by Crippen LogP contribution is -2.40. The number of benzene rings is 8. The van der Waals surface area contributed by atoms with E-state index in [1.54, 1.807) is 103 Å². The molecule has 1 saturated heterocycles. The molecule has 3 atom stereocenters. The van der Waals surface area contributed by atoms with E-state index in [0.29, 0.717) is 147 Å². The zero-order valence-corrected chi connectivity index (χ0v) is 68.5. The normalized spacial score (nSPS) is 13.4. The highest BCUT2D eigenvalue weighted by atomic mass is 35.5. The Balaban J connectivity index is 0.000000151. The smallest absolute Gasteiger partial charge is 0.378 e. The summed E-state index contributed by atoms with van der Waals surface area (Å²) >= 11 is 12.5. The Hall–Kier alpha value is -12.6. The van der Waals surface area contributed by atoms with Crippen molar-refractivity contribution < 1.29 is 59.0 Å². The van der Waals surface area contributed by atoms with Gasteiger partial charge in [0.15, 0.2) is 5.69 Å². The quantitative estimate of drug-likeness (QED) is 0.0409. The van der Waals surface area contributed by atoms with Crippen LogP contribution in [0, 0.1) is 56.8 Å². The van der Waals surface area contributed by atoms with Crippen LogP contribution in [0.4, 0.5) is 35.1 Å². The number of nitrogens with one attached hydrogen (secondary N) is 5. The number of nitrogens with zero attached hydrogens (tertiary/aromatic N) is 6. The van der Waals surface area contributed by atoms with Crippen molar-refractivity contribution in [2.75, 3.05) is 26.3 Å². The molecule has 2 aliphatic rings. The van der Waals surface area contributed by atoms with E-state index in [1.165, 1.54) is 60.7 Å². The predicted molar refractivity (Wildman–Crippen MR) is 455 cm³/mol. The van der Waals surface area contributed by atoms with Crippen LogP contribution in [-0.2, 0) is 76.8 Å². The van der Waals surface area contributed by atoms with Gasteiger partial charge in [-0.2, -0.15) is 18.3 Å². The molecular formula is C96H85Cl2F8N11O5. The van der Waals surface area contributed by atoms with Crippen molar-refractivity contribution in [3.63, 3.8) is 0 Å². The van der Waals surface area contributed by atoms with Crippen molar-refractivity contribution in [3.05, 3.63) is 354 Å². The zero-order chi connectivity index (χ0) is 85.9. The van der Waals surface area contributed by atoms with Gasteiger partial charge in [0.25, 0.3) is 5.91 Å². The third-order valence-electron chi connectivity index (χ3n) is 21.3. The topological polar surface area (TPSA) is 205 Å². The van der Waals surface area contributed by atoms with Crippen LogP contribution in [0.15, 0.2) is 225 Å². The number of amides is 4. The van der Waals surface area contributed by atoms with Crippen molar-refractivity contribution in [2.24, 2.45) is 0 Å². The summed E-state index contributed by atoms with van der Waals surface area (Å²) in [6.45, 7) is 8.96. The molecule has 0 saturated carbocycles. The summed E-state index contributed by atoms with van der Waals surface area (Å²) in [5, 5.41) is 15.3. The number of aromatic nitrogens is 7. The van der Waals surface area contributed by atoms with Gasteiger partial charge < -0.3 is 35.6 Å². The molecule has 6 aromatic heterocycles. The first-order chi connectivity index (χ1) is 58.7. The Morgan fingerprint density at radius 1 is 0.475 bits per heavy atom. The molecule has 624 valence electrons. The molecule has 5 N–H and O–H groups in total. The first kappa shape index (κ1) is 85.8. The minimum atomic E-state index is -4.62. The Morgan fingerprint density at radius 3 is 1.39 bits per heavy atom. The first-order valence-electron chi connectivity index (χ1n) is 39.9. The average molecular weight is 1700 g/mol. The van der Waals surface area contributed by atoms with E-state index in [2.05, 4.69) is 52.0 Å². The van der Waals surface area contributed by atoms with Crippen LogP contribution in [0.25, 0.3) is 55.2 Å². The molecular weight excluding hydrogens is 1610 g/mol. The summed E-state index contributed by atoms with van der Waals surface area (Å²) in [7, 11) is 0. The van der Waals surface area contributed by atoms with Gasteiger partial charge in [-0.05, 0) is 255 Å². The fourth-order valence-corrected chi connectivity index (χ4v) is 16.6. The van der Waals surface area contributed by atoms with Gasteiger partial charge in [-0.15, -0.1) is 0 Å². The fourth-order valence-electron chi connectivity index (χ4n) is 16.1. The van der Waals surface area contributed by atoms with E-state index >= 15 is 0 Å². The lowest BCUT2D eigenvalue weighted by atomic mass is 9.94. The molecule has 0 unspecified atom stereocenters.